The van der Waals surface area contributed by atoms with E-state index in [-0.39, 0.29) is 18.2 Å². The van der Waals surface area contributed by atoms with Crippen molar-refractivity contribution < 1.29 is 9.53 Å². The molecular weight excluding hydrogens is 356 g/mol. The van der Waals surface area contributed by atoms with Crippen molar-refractivity contribution in [1.29, 1.82) is 0 Å². The van der Waals surface area contributed by atoms with E-state index in [4.69, 9.17) is 4.74 Å². The van der Waals surface area contributed by atoms with E-state index >= 15 is 0 Å². The molecule has 0 aliphatic carbocycles. The summed E-state index contributed by atoms with van der Waals surface area (Å²) < 4.78 is 6.54. The minimum Gasteiger partial charge on any atom is -0.444 e. The number of hydrogen-bond acceptors (Lipinski definition) is 3. The fourth-order valence-corrected chi connectivity index (χ4v) is 2.59. The van der Waals surface area contributed by atoms with Crippen LogP contribution in [0.1, 0.15) is 53.1 Å². The normalized spacial score (nSPS) is 13.0. The average Bonchev–Trinajstić information content (AvgIpc) is 2.40. The molecule has 1 rings (SSSR count). The van der Waals surface area contributed by atoms with Crippen LogP contribution in [-0.2, 0) is 4.74 Å². The molecule has 0 aliphatic heterocycles. The number of halogens is 1. The number of benzene rings is 1. The van der Waals surface area contributed by atoms with Crippen LogP contribution < -0.4 is 5.32 Å². The van der Waals surface area contributed by atoms with Crippen LogP contribution in [0.2, 0.25) is 0 Å². The van der Waals surface area contributed by atoms with Crippen LogP contribution in [-0.4, -0.2) is 35.7 Å². The maximum absolute atomic E-state index is 12.3. The van der Waals surface area contributed by atoms with Crippen LogP contribution in [0.25, 0.3) is 0 Å². The zero-order valence-corrected chi connectivity index (χ0v) is 16.6. The van der Waals surface area contributed by atoms with E-state index in [1.165, 1.54) is 5.56 Å². The lowest BCUT2D eigenvalue weighted by molar-refractivity contribution is 0.0192. The second kappa shape index (κ2) is 8.69. The van der Waals surface area contributed by atoms with Crippen molar-refractivity contribution in [3.05, 3.63) is 34.3 Å². The zero-order chi connectivity index (χ0) is 17.6. The number of hydrogen-bond donors (Lipinski definition) is 1. The van der Waals surface area contributed by atoms with Gasteiger partial charge in [-0.25, -0.2) is 4.79 Å². The molecule has 0 bridgehead atoms. The van der Waals surface area contributed by atoms with Gasteiger partial charge in [-0.1, -0.05) is 28.1 Å². The molecule has 0 saturated heterocycles. The van der Waals surface area contributed by atoms with Gasteiger partial charge in [0.25, 0.3) is 0 Å². The lowest BCUT2D eigenvalue weighted by Crippen LogP contribution is -2.44. The Morgan fingerprint density at radius 3 is 2.48 bits per heavy atom. The molecule has 0 saturated carbocycles. The Bertz CT molecular complexity index is 512. The van der Waals surface area contributed by atoms with Crippen LogP contribution in [0.4, 0.5) is 4.79 Å². The van der Waals surface area contributed by atoms with Crippen molar-refractivity contribution in [2.24, 2.45) is 0 Å². The van der Waals surface area contributed by atoms with E-state index in [1.54, 1.807) is 4.90 Å². The van der Waals surface area contributed by atoms with Crippen molar-refractivity contribution in [3.63, 3.8) is 0 Å². The van der Waals surface area contributed by atoms with Gasteiger partial charge in [-0.15, -0.1) is 0 Å². The summed E-state index contributed by atoms with van der Waals surface area (Å²) in [6, 6.07) is 8.56. The van der Waals surface area contributed by atoms with Gasteiger partial charge in [-0.3, -0.25) is 0 Å². The molecule has 5 heteroatoms. The van der Waals surface area contributed by atoms with Gasteiger partial charge in [0.2, 0.25) is 0 Å². The Kier molecular flexibility index (Phi) is 7.55. The van der Waals surface area contributed by atoms with Crippen molar-refractivity contribution >= 4 is 22.0 Å². The lowest BCUT2D eigenvalue weighted by Gasteiger charge is -2.30. The summed E-state index contributed by atoms with van der Waals surface area (Å²) in [5, 5.41) is 3.46. The van der Waals surface area contributed by atoms with Crippen LogP contribution in [0.15, 0.2) is 28.7 Å². The molecule has 1 amide bonds. The Labute approximate surface area is 148 Å². The molecule has 0 radical (unpaired) electrons. The standard InChI is InChI=1S/C18H29BrN2O2/c1-13(2)21(17(22)23-18(4,5)6)11-10-20-14(3)15-8-7-9-16(19)12-15/h7-9,12-14,20H,10-11H2,1-6H3. The quantitative estimate of drug-likeness (QED) is 0.769. The fraction of sp³-hybridized carbons (Fsp3) is 0.611. The van der Waals surface area contributed by atoms with Gasteiger partial charge in [-0.05, 0) is 59.2 Å². The van der Waals surface area contributed by atoms with Gasteiger partial charge in [0.1, 0.15) is 5.60 Å². The maximum atomic E-state index is 12.3. The fourth-order valence-electron chi connectivity index (χ4n) is 2.18. The third-order valence-electron chi connectivity index (χ3n) is 3.40. The van der Waals surface area contributed by atoms with Gasteiger partial charge in [-0.2, -0.15) is 0 Å². The molecule has 1 aromatic carbocycles. The van der Waals surface area contributed by atoms with Crippen LogP contribution in [0, 0.1) is 0 Å². The van der Waals surface area contributed by atoms with Crippen molar-refractivity contribution in [3.8, 4) is 0 Å². The Morgan fingerprint density at radius 1 is 1.30 bits per heavy atom. The first-order chi connectivity index (χ1) is 10.6. The summed E-state index contributed by atoms with van der Waals surface area (Å²) in [4.78, 5) is 14.0. The highest BCUT2D eigenvalue weighted by Crippen LogP contribution is 2.18. The molecule has 1 N–H and O–H groups in total. The highest BCUT2D eigenvalue weighted by molar-refractivity contribution is 9.10. The Balaban J connectivity index is 2.54. The van der Waals surface area contributed by atoms with E-state index in [2.05, 4.69) is 40.3 Å². The number of carbonyl (C=O) groups is 1. The first-order valence-corrected chi connectivity index (χ1v) is 8.88. The predicted molar refractivity (Wildman–Crippen MR) is 98.6 cm³/mol. The molecule has 0 fully saturated rings. The molecule has 0 spiro atoms. The average molecular weight is 385 g/mol. The largest absolute Gasteiger partial charge is 0.444 e. The molecule has 130 valence electrons. The summed E-state index contributed by atoms with van der Waals surface area (Å²) >= 11 is 3.49. The van der Waals surface area contributed by atoms with E-state index in [1.807, 2.05) is 46.8 Å². The molecule has 1 aromatic rings. The molecule has 23 heavy (non-hydrogen) atoms. The molecule has 0 heterocycles. The minimum absolute atomic E-state index is 0.104. The summed E-state index contributed by atoms with van der Waals surface area (Å²) in [5.41, 5.74) is 0.745. The molecule has 1 atom stereocenters. The van der Waals surface area contributed by atoms with Crippen LogP contribution in [0.3, 0.4) is 0 Å². The Hall–Kier alpha value is -1.07. The van der Waals surface area contributed by atoms with Gasteiger partial charge in [0.15, 0.2) is 0 Å². The van der Waals surface area contributed by atoms with E-state index in [0.29, 0.717) is 13.1 Å². The molecule has 1 unspecified atom stereocenters. The number of amides is 1. The van der Waals surface area contributed by atoms with Gasteiger partial charge in [0.05, 0.1) is 0 Å². The number of rotatable bonds is 6. The van der Waals surface area contributed by atoms with E-state index < -0.39 is 5.60 Å². The second-order valence-corrected chi connectivity index (χ2v) is 7.91. The maximum Gasteiger partial charge on any atom is 0.410 e. The van der Waals surface area contributed by atoms with Crippen molar-refractivity contribution in [2.75, 3.05) is 13.1 Å². The van der Waals surface area contributed by atoms with E-state index in [9.17, 15) is 4.79 Å². The first-order valence-electron chi connectivity index (χ1n) is 8.08. The van der Waals surface area contributed by atoms with E-state index in [0.717, 1.165) is 4.47 Å². The number of nitrogens with zero attached hydrogens (tertiary/aromatic N) is 1. The summed E-state index contributed by atoms with van der Waals surface area (Å²) in [6.45, 7) is 13.1. The Morgan fingerprint density at radius 2 is 1.96 bits per heavy atom. The minimum atomic E-state index is -0.471. The van der Waals surface area contributed by atoms with Gasteiger partial charge < -0.3 is 15.0 Å². The zero-order valence-electron chi connectivity index (χ0n) is 15.0. The molecular formula is C18H29BrN2O2. The summed E-state index contributed by atoms with van der Waals surface area (Å²) in [5.74, 6) is 0. The third-order valence-corrected chi connectivity index (χ3v) is 3.90. The third kappa shape index (κ3) is 7.36. The number of carbonyl (C=O) groups excluding carboxylic acids is 1. The lowest BCUT2D eigenvalue weighted by atomic mass is 10.1. The monoisotopic (exact) mass is 384 g/mol. The first kappa shape index (κ1) is 20.0. The number of ether oxygens (including phenoxy) is 1. The summed E-state index contributed by atoms with van der Waals surface area (Å²) in [7, 11) is 0. The van der Waals surface area contributed by atoms with Crippen LogP contribution >= 0.6 is 15.9 Å². The second-order valence-electron chi connectivity index (χ2n) is 7.00. The molecule has 4 nitrogen and oxygen atoms in total. The number of nitrogens with one attached hydrogen (secondary N) is 1. The van der Waals surface area contributed by atoms with Crippen LogP contribution in [0.5, 0.6) is 0 Å². The summed E-state index contributed by atoms with van der Waals surface area (Å²) in [6.07, 6.45) is -0.260. The van der Waals surface area contributed by atoms with Gasteiger partial charge in [0, 0.05) is 29.6 Å². The molecule has 0 aliphatic rings. The molecule has 0 aromatic heterocycles. The SMILES string of the molecule is CC(NCCN(C(=O)OC(C)(C)C)C(C)C)c1cccc(Br)c1. The highest BCUT2D eigenvalue weighted by Gasteiger charge is 2.23. The predicted octanol–water partition coefficient (Wildman–Crippen LogP) is 4.75. The smallest absolute Gasteiger partial charge is 0.410 e. The van der Waals surface area contributed by atoms with Crippen molar-refractivity contribution in [2.45, 2.75) is 59.2 Å². The highest BCUT2D eigenvalue weighted by atomic mass is 79.9. The van der Waals surface area contributed by atoms with Gasteiger partial charge >= 0.3 is 6.09 Å². The topological polar surface area (TPSA) is 41.6 Å². The van der Waals surface area contributed by atoms with Crippen molar-refractivity contribution in [1.82, 2.24) is 10.2 Å².